The van der Waals surface area contributed by atoms with Gasteiger partial charge in [0.25, 0.3) is 0 Å². The topological polar surface area (TPSA) is 27.7 Å². The molecule has 4 rings (SSSR count). The maximum Gasteiger partial charge on any atom is 0.416 e. The molecule has 0 bridgehead atoms. The van der Waals surface area contributed by atoms with E-state index in [0.29, 0.717) is 44.5 Å². The smallest absolute Gasteiger partial charge is 0.385 e. The quantitative estimate of drug-likeness (QED) is 0.626. The predicted octanol–water partition coefficient (Wildman–Crippen LogP) is 5.01. The number of alkyl halides is 3. The lowest BCUT2D eigenvalue weighted by Crippen LogP contribution is -2.36. The number of morpholine rings is 1. The van der Waals surface area contributed by atoms with E-state index >= 15 is 0 Å². The highest BCUT2D eigenvalue weighted by Crippen LogP contribution is 2.30. The summed E-state index contributed by atoms with van der Waals surface area (Å²) in [5.41, 5.74) is 1.69. The number of piperidine rings is 1. The average molecular weight is 452 g/mol. The summed E-state index contributed by atoms with van der Waals surface area (Å²) in [6.45, 7) is 5.89. The van der Waals surface area contributed by atoms with Gasteiger partial charge < -0.3 is 15.0 Å². The molecule has 8 heteroatoms. The summed E-state index contributed by atoms with van der Waals surface area (Å²) >= 11 is 0. The molecule has 2 aliphatic heterocycles. The third-order valence-electron chi connectivity index (χ3n) is 6.29. The van der Waals surface area contributed by atoms with E-state index in [2.05, 4.69) is 10.2 Å². The molecule has 32 heavy (non-hydrogen) atoms. The van der Waals surface area contributed by atoms with Crippen molar-refractivity contribution in [3.63, 3.8) is 0 Å². The molecule has 1 N–H and O–H groups in total. The Labute approximate surface area is 186 Å². The zero-order chi connectivity index (χ0) is 22.6. The van der Waals surface area contributed by atoms with E-state index in [0.717, 1.165) is 55.9 Å². The molecular formula is C24H29F4N3O. The van der Waals surface area contributed by atoms with Crippen molar-refractivity contribution in [2.24, 2.45) is 5.92 Å². The van der Waals surface area contributed by atoms with Crippen molar-refractivity contribution in [2.75, 3.05) is 56.2 Å². The van der Waals surface area contributed by atoms with Crippen LogP contribution in [0.5, 0.6) is 0 Å². The number of ether oxygens (including phenoxy) is 1. The Morgan fingerprint density at radius 1 is 0.938 bits per heavy atom. The van der Waals surface area contributed by atoms with Crippen LogP contribution in [0, 0.1) is 11.7 Å². The second kappa shape index (κ2) is 10.1. The van der Waals surface area contributed by atoms with E-state index in [-0.39, 0.29) is 5.82 Å². The highest BCUT2D eigenvalue weighted by molar-refractivity contribution is 5.56. The van der Waals surface area contributed by atoms with Crippen LogP contribution in [0.1, 0.15) is 24.0 Å². The van der Waals surface area contributed by atoms with Gasteiger partial charge in [-0.1, -0.05) is 12.1 Å². The van der Waals surface area contributed by atoms with Crippen LogP contribution in [0.3, 0.4) is 0 Å². The van der Waals surface area contributed by atoms with Crippen LogP contribution in [-0.4, -0.2) is 50.8 Å². The fraction of sp³-hybridized carbons (Fsp3) is 0.500. The number of nitrogens with zero attached hydrogens (tertiary/aromatic N) is 2. The van der Waals surface area contributed by atoms with Crippen LogP contribution in [-0.2, 0) is 17.5 Å². The largest absolute Gasteiger partial charge is 0.416 e. The van der Waals surface area contributed by atoms with Gasteiger partial charge in [-0.25, -0.2) is 4.39 Å². The monoisotopic (exact) mass is 451 g/mol. The summed E-state index contributed by atoms with van der Waals surface area (Å²) in [5.74, 6) is 0.268. The first-order chi connectivity index (χ1) is 15.4. The summed E-state index contributed by atoms with van der Waals surface area (Å²) in [6, 6.07) is 10.7. The van der Waals surface area contributed by atoms with Crippen LogP contribution >= 0.6 is 0 Å². The van der Waals surface area contributed by atoms with Gasteiger partial charge in [-0.2, -0.15) is 13.2 Å². The van der Waals surface area contributed by atoms with Crippen molar-refractivity contribution < 1.29 is 22.3 Å². The number of nitrogens with one attached hydrogen (secondary N) is 1. The first-order valence-electron chi connectivity index (χ1n) is 11.1. The molecule has 2 aliphatic rings. The highest BCUT2D eigenvalue weighted by Gasteiger charge is 2.30. The van der Waals surface area contributed by atoms with Crippen molar-refractivity contribution in [1.29, 1.82) is 0 Å². The van der Waals surface area contributed by atoms with Crippen LogP contribution < -0.4 is 10.2 Å². The van der Waals surface area contributed by atoms with E-state index in [1.54, 1.807) is 18.2 Å². The van der Waals surface area contributed by atoms with Crippen molar-refractivity contribution in [3.05, 3.63) is 59.4 Å². The predicted molar refractivity (Wildman–Crippen MR) is 117 cm³/mol. The normalized spacial score (nSPS) is 18.7. The van der Waals surface area contributed by atoms with Gasteiger partial charge in [0.2, 0.25) is 0 Å². The van der Waals surface area contributed by atoms with Gasteiger partial charge in [-0.15, -0.1) is 0 Å². The molecule has 2 fully saturated rings. The molecular weight excluding hydrogens is 422 g/mol. The van der Waals surface area contributed by atoms with Gasteiger partial charge in [0, 0.05) is 31.9 Å². The summed E-state index contributed by atoms with van der Waals surface area (Å²) < 4.78 is 58.0. The van der Waals surface area contributed by atoms with Gasteiger partial charge in [-0.3, -0.25) is 4.90 Å². The van der Waals surface area contributed by atoms with Gasteiger partial charge in [0.1, 0.15) is 5.82 Å². The fourth-order valence-electron chi connectivity index (χ4n) is 4.35. The molecule has 2 aromatic carbocycles. The number of benzene rings is 2. The van der Waals surface area contributed by atoms with E-state index in [1.165, 1.54) is 0 Å². The summed E-state index contributed by atoms with van der Waals surface area (Å²) in [4.78, 5) is 4.28. The third-order valence-corrected chi connectivity index (χ3v) is 6.29. The van der Waals surface area contributed by atoms with Crippen molar-refractivity contribution >= 4 is 11.4 Å². The minimum atomic E-state index is -4.30. The van der Waals surface area contributed by atoms with Crippen LogP contribution in [0.15, 0.2) is 42.5 Å². The third kappa shape index (κ3) is 5.92. The molecule has 0 radical (unpaired) electrons. The zero-order valence-electron chi connectivity index (χ0n) is 18.0. The van der Waals surface area contributed by atoms with Crippen LogP contribution in [0.2, 0.25) is 0 Å². The maximum absolute atomic E-state index is 14.6. The summed E-state index contributed by atoms with van der Waals surface area (Å²) in [7, 11) is 0. The van der Waals surface area contributed by atoms with Crippen LogP contribution in [0.25, 0.3) is 0 Å². The number of rotatable bonds is 6. The number of anilines is 2. The molecule has 0 unspecified atom stereocenters. The molecule has 0 aromatic heterocycles. The SMILES string of the molecule is Fc1cc(NCC2CCN(Cc3ccc(C(F)(F)F)cc3)CC2)ccc1N1CCOCC1. The fourth-order valence-corrected chi connectivity index (χ4v) is 4.35. The molecule has 4 nitrogen and oxygen atoms in total. The zero-order valence-corrected chi connectivity index (χ0v) is 18.0. The Morgan fingerprint density at radius 2 is 1.62 bits per heavy atom. The van der Waals surface area contributed by atoms with Gasteiger partial charge in [0.15, 0.2) is 0 Å². The number of hydrogen-bond acceptors (Lipinski definition) is 4. The Bertz CT molecular complexity index is 874. The molecule has 0 amide bonds. The minimum Gasteiger partial charge on any atom is -0.385 e. The van der Waals surface area contributed by atoms with E-state index in [9.17, 15) is 17.6 Å². The van der Waals surface area contributed by atoms with Gasteiger partial charge in [0.05, 0.1) is 24.5 Å². The summed E-state index contributed by atoms with van der Waals surface area (Å²) in [5, 5.41) is 3.36. The van der Waals surface area contributed by atoms with Crippen molar-refractivity contribution in [3.8, 4) is 0 Å². The Kier molecular flexibility index (Phi) is 7.20. The molecule has 0 saturated carbocycles. The standard InChI is InChI=1S/C24H29F4N3O/c25-22-15-21(5-6-23(22)31-11-13-32-14-12-31)29-16-18-7-9-30(10-8-18)17-19-1-3-20(4-2-19)24(26,27)28/h1-6,15,18,29H,7-14,16-17H2. The van der Waals surface area contributed by atoms with E-state index < -0.39 is 11.7 Å². The summed E-state index contributed by atoms with van der Waals surface area (Å²) in [6.07, 6.45) is -2.29. The van der Waals surface area contributed by atoms with E-state index in [1.807, 2.05) is 17.0 Å². The second-order valence-corrected chi connectivity index (χ2v) is 8.56. The average Bonchev–Trinajstić information content (AvgIpc) is 2.79. The highest BCUT2D eigenvalue weighted by atomic mass is 19.4. The molecule has 2 heterocycles. The molecule has 0 aliphatic carbocycles. The molecule has 174 valence electrons. The number of hydrogen-bond donors (Lipinski definition) is 1. The van der Waals surface area contributed by atoms with Crippen molar-refractivity contribution in [2.45, 2.75) is 25.6 Å². The van der Waals surface area contributed by atoms with Crippen molar-refractivity contribution in [1.82, 2.24) is 4.90 Å². The second-order valence-electron chi connectivity index (χ2n) is 8.56. The lowest BCUT2D eigenvalue weighted by atomic mass is 9.96. The lowest BCUT2D eigenvalue weighted by molar-refractivity contribution is -0.137. The number of likely N-dealkylation sites (tertiary alicyclic amines) is 1. The molecule has 0 spiro atoms. The van der Waals surface area contributed by atoms with Gasteiger partial charge in [-0.05, 0) is 67.7 Å². The Morgan fingerprint density at radius 3 is 2.25 bits per heavy atom. The molecule has 0 atom stereocenters. The van der Waals surface area contributed by atoms with Gasteiger partial charge >= 0.3 is 6.18 Å². The van der Waals surface area contributed by atoms with Crippen LogP contribution in [0.4, 0.5) is 28.9 Å². The molecule has 2 saturated heterocycles. The van der Waals surface area contributed by atoms with E-state index in [4.69, 9.17) is 4.74 Å². The lowest BCUT2D eigenvalue weighted by Gasteiger charge is -2.32. The Balaban J connectivity index is 1.22. The minimum absolute atomic E-state index is 0.219. The molecule has 2 aromatic rings. The maximum atomic E-state index is 14.6. The number of halogens is 4. The first-order valence-corrected chi connectivity index (χ1v) is 11.1. The first kappa shape index (κ1) is 22.9. The Hall–Kier alpha value is -2.32.